The number of rotatable bonds is 5. The third-order valence-electron chi connectivity index (χ3n) is 6.88. The molecular weight excluding hydrogens is 489 g/mol. The van der Waals surface area contributed by atoms with Crippen LogP contribution in [0.1, 0.15) is 38.2 Å². The highest BCUT2D eigenvalue weighted by Gasteiger charge is 2.39. The van der Waals surface area contributed by atoms with E-state index in [1.54, 1.807) is 6.92 Å². The fraction of sp³-hybridized carbons (Fsp3) is 0.591. The molecule has 35 heavy (non-hydrogen) atoms. The maximum Gasteiger partial charge on any atom is 0.416 e. The monoisotopic (exact) mass is 514 g/mol. The van der Waals surface area contributed by atoms with Crippen LogP contribution in [-0.4, -0.2) is 60.1 Å². The molecule has 0 amide bonds. The molecule has 190 valence electrons. The minimum atomic E-state index is -4.82. The van der Waals surface area contributed by atoms with Crippen LogP contribution in [0.5, 0.6) is 0 Å². The van der Waals surface area contributed by atoms with Crippen molar-refractivity contribution in [1.82, 2.24) is 9.88 Å². The number of carbonyl (C=O) groups excluding carboxylic acids is 1. The van der Waals surface area contributed by atoms with Crippen molar-refractivity contribution in [2.75, 3.05) is 44.2 Å². The van der Waals surface area contributed by atoms with Gasteiger partial charge in [-0.25, -0.2) is 0 Å². The fourth-order valence-electron chi connectivity index (χ4n) is 4.82. The number of fused-ring (bicyclic) bond motifs is 1. The SMILES string of the molecule is CCOC(=O)CN1CCC2(CC1)CCN(c1nc(=O)c3cc(C(F)(F)F)cc([N+](=O)[O-])c3s1)CC2. The third kappa shape index (κ3) is 5.40. The van der Waals surface area contributed by atoms with E-state index in [9.17, 15) is 32.9 Å². The Morgan fingerprint density at radius 1 is 1.20 bits per heavy atom. The van der Waals surface area contributed by atoms with E-state index in [0.29, 0.717) is 31.8 Å². The quantitative estimate of drug-likeness (QED) is 0.337. The molecule has 0 bridgehead atoms. The number of nitro groups is 1. The van der Waals surface area contributed by atoms with Crippen LogP contribution in [0.25, 0.3) is 10.1 Å². The lowest BCUT2D eigenvalue weighted by molar-refractivity contribution is -0.383. The summed E-state index contributed by atoms with van der Waals surface area (Å²) in [4.78, 5) is 42.9. The van der Waals surface area contributed by atoms with Gasteiger partial charge in [-0.05, 0) is 57.2 Å². The van der Waals surface area contributed by atoms with E-state index in [1.165, 1.54) is 0 Å². The second kappa shape index (κ2) is 9.69. The lowest BCUT2D eigenvalue weighted by Gasteiger charge is -2.46. The summed E-state index contributed by atoms with van der Waals surface area (Å²) in [5, 5.41) is 11.4. The molecule has 1 aromatic carbocycles. The Morgan fingerprint density at radius 2 is 1.83 bits per heavy atom. The molecule has 13 heteroatoms. The molecule has 0 unspecified atom stereocenters. The zero-order valence-electron chi connectivity index (χ0n) is 19.1. The highest BCUT2D eigenvalue weighted by Crippen LogP contribution is 2.43. The van der Waals surface area contributed by atoms with Gasteiger partial charge in [-0.1, -0.05) is 11.3 Å². The first kappa shape index (κ1) is 25.3. The van der Waals surface area contributed by atoms with Gasteiger partial charge < -0.3 is 9.64 Å². The molecule has 0 saturated carbocycles. The van der Waals surface area contributed by atoms with Crippen molar-refractivity contribution in [2.45, 2.75) is 38.8 Å². The number of hydrogen-bond acceptors (Lipinski definition) is 9. The molecule has 3 heterocycles. The average Bonchev–Trinajstić information content (AvgIpc) is 2.80. The van der Waals surface area contributed by atoms with Crippen LogP contribution in [0.4, 0.5) is 24.0 Å². The first-order valence-electron chi connectivity index (χ1n) is 11.3. The van der Waals surface area contributed by atoms with Crippen LogP contribution in [0.3, 0.4) is 0 Å². The Bertz CT molecular complexity index is 1180. The van der Waals surface area contributed by atoms with Gasteiger partial charge in [0, 0.05) is 19.2 Å². The van der Waals surface area contributed by atoms with E-state index >= 15 is 0 Å². The summed E-state index contributed by atoms with van der Waals surface area (Å²) in [7, 11) is 0. The van der Waals surface area contributed by atoms with Gasteiger partial charge >= 0.3 is 12.1 Å². The Hall–Kier alpha value is -2.80. The van der Waals surface area contributed by atoms with E-state index in [2.05, 4.69) is 9.88 Å². The molecule has 1 aromatic heterocycles. The van der Waals surface area contributed by atoms with E-state index in [4.69, 9.17) is 4.74 Å². The number of alkyl halides is 3. The molecule has 2 aliphatic rings. The van der Waals surface area contributed by atoms with Crippen LogP contribution in [-0.2, 0) is 15.7 Å². The van der Waals surface area contributed by atoms with Gasteiger partial charge in [0.15, 0.2) is 5.13 Å². The van der Waals surface area contributed by atoms with E-state index in [-0.39, 0.29) is 27.8 Å². The van der Waals surface area contributed by atoms with E-state index < -0.39 is 33.3 Å². The van der Waals surface area contributed by atoms with Crippen LogP contribution in [0.2, 0.25) is 0 Å². The molecule has 0 N–H and O–H groups in total. The van der Waals surface area contributed by atoms with Crippen molar-refractivity contribution >= 4 is 38.2 Å². The molecule has 1 spiro atoms. The summed E-state index contributed by atoms with van der Waals surface area (Å²) in [5.41, 5.74) is -2.79. The molecule has 2 aromatic rings. The summed E-state index contributed by atoms with van der Waals surface area (Å²) in [6, 6.07) is 1.10. The van der Waals surface area contributed by atoms with Crippen LogP contribution >= 0.6 is 11.3 Å². The summed E-state index contributed by atoms with van der Waals surface area (Å²) in [6.07, 6.45) is -1.31. The van der Waals surface area contributed by atoms with Gasteiger partial charge in [0.25, 0.3) is 11.2 Å². The number of hydrogen-bond donors (Lipinski definition) is 0. The van der Waals surface area contributed by atoms with Gasteiger partial charge in [-0.2, -0.15) is 18.2 Å². The number of ether oxygens (including phenoxy) is 1. The molecule has 0 radical (unpaired) electrons. The number of aromatic nitrogens is 1. The Balaban J connectivity index is 1.50. The molecule has 0 aliphatic carbocycles. The van der Waals surface area contributed by atoms with Crippen molar-refractivity contribution in [3.05, 3.63) is 38.2 Å². The number of nitro benzene ring substituents is 1. The first-order valence-corrected chi connectivity index (χ1v) is 12.2. The standard InChI is InChI=1S/C22H25F3N4O5S/c1-2-34-17(30)13-27-7-3-21(4-8-27)5-9-28(10-6-21)20-26-19(31)15-11-14(22(23,24)25)12-16(29(32)33)18(15)35-20/h11-12H,2-10,13H2,1H3. The highest BCUT2D eigenvalue weighted by atomic mass is 32.1. The predicted molar refractivity (Wildman–Crippen MR) is 124 cm³/mol. The van der Waals surface area contributed by atoms with Gasteiger partial charge in [-0.15, -0.1) is 0 Å². The number of piperidine rings is 2. The summed E-state index contributed by atoms with van der Waals surface area (Å²) in [5.74, 6) is -0.230. The zero-order valence-corrected chi connectivity index (χ0v) is 19.9. The molecule has 0 atom stereocenters. The Kier molecular flexibility index (Phi) is 7.00. The Labute approximate surface area is 202 Å². The van der Waals surface area contributed by atoms with E-state index in [0.717, 1.165) is 50.1 Å². The van der Waals surface area contributed by atoms with Crippen molar-refractivity contribution < 1.29 is 27.6 Å². The first-order chi connectivity index (χ1) is 16.5. The molecule has 4 rings (SSSR count). The minimum Gasteiger partial charge on any atom is -0.465 e. The van der Waals surface area contributed by atoms with E-state index in [1.807, 2.05) is 4.90 Å². The van der Waals surface area contributed by atoms with Gasteiger partial charge in [0.1, 0.15) is 4.70 Å². The zero-order chi connectivity index (χ0) is 25.4. The molecule has 9 nitrogen and oxygen atoms in total. The molecule has 2 aliphatic heterocycles. The Morgan fingerprint density at radius 3 is 2.40 bits per heavy atom. The minimum absolute atomic E-state index is 0.106. The number of nitrogens with zero attached hydrogens (tertiary/aromatic N) is 4. The maximum atomic E-state index is 13.2. The number of esters is 1. The number of halogens is 3. The fourth-order valence-corrected chi connectivity index (χ4v) is 5.94. The largest absolute Gasteiger partial charge is 0.465 e. The second-order valence-electron chi connectivity index (χ2n) is 9.00. The predicted octanol–water partition coefficient (Wildman–Crippen LogP) is 3.83. The van der Waals surface area contributed by atoms with Gasteiger partial charge in [-0.3, -0.25) is 24.6 Å². The molecular formula is C22H25F3N4O5S. The molecule has 2 saturated heterocycles. The number of benzene rings is 1. The number of carbonyl (C=O) groups is 1. The lowest BCUT2D eigenvalue weighted by Crippen LogP contribution is -2.48. The van der Waals surface area contributed by atoms with Crippen molar-refractivity contribution in [3.63, 3.8) is 0 Å². The van der Waals surface area contributed by atoms with Crippen molar-refractivity contribution in [2.24, 2.45) is 5.41 Å². The summed E-state index contributed by atoms with van der Waals surface area (Å²) in [6.45, 7) is 5.15. The smallest absolute Gasteiger partial charge is 0.416 e. The number of non-ortho nitro benzene ring substituents is 1. The van der Waals surface area contributed by atoms with Crippen LogP contribution in [0, 0.1) is 15.5 Å². The number of likely N-dealkylation sites (tertiary alicyclic amines) is 1. The summed E-state index contributed by atoms with van der Waals surface area (Å²) < 4.78 is 44.4. The average molecular weight is 515 g/mol. The maximum absolute atomic E-state index is 13.2. The van der Waals surface area contributed by atoms with Gasteiger partial charge in [0.2, 0.25) is 0 Å². The second-order valence-corrected chi connectivity index (χ2v) is 9.97. The summed E-state index contributed by atoms with van der Waals surface area (Å²) >= 11 is 0.875. The van der Waals surface area contributed by atoms with Crippen molar-refractivity contribution in [1.29, 1.82) is 0 Å². The highest BCUT2D eigenvalue weighted by molar-refractivity contribution is 7.22. The van der Waals surface area contributed by atoms with Crippen molar-refractivity contribution in [3.8, 4) is 0 Å². The molecule has 2 fully saturated rings. The topological polar surface area (TPSA) is 106 Å². The van der Waals surface area contributed by atoms with Crippen LogP contribution in [0.15, 0.2) is 16.9 Å². The normalized spacial score (nSPS) is 18.7. The third-order valence-corrected chi connectivity index (χ3v) is 8.05. The van der Waals surface area contributed by atoms with Gasteiger partial charge in [0.05, 0.1) is 29.0 Å². The lowest BCUT2D eigenvalue weighted by atomic mass is 9.71. The number of anilines is 1. The van der Waals surface area contributed by atoms with Crippen LogP contribution < -0.4 is 10.5 Å².